The van der Waals surface area contributed by atoms with Gasteiger partial charge in [-0.3, -0.25) is 10.2 Å². The van der Waals surface area contributed by atoms with Gasteiger partial charge in [0.1, 0.15) is 5.52 Å². The van der Waals surface area contributed by atoms with E-state index in [4.69, 9.17) is 4.52 Å². The number of amides is 1. The van der Waals surface area contributed by atoms with Crippen molar-refractivity contribution in [1.29, 1.82) is 0 Å². The van der Waals surface area contributed by atoms with Gasteiger partial charge in [-0.2, -0.15) is 0 Å². The van der Waals surface area contributed by atoms with Crippen LogP contribution in [0.5, 0.6) is 0 Å². The average molecular weight is 348 g/mol. The molecule has 130 valence electrons. The van der Waals surface area contributed by atoms with Crippen molar-refractivity contribution in [1.82, 2.24) is 21.7 Å². The molecule has 0 bridgehead atoms. The highest BCUT2D eigenvalue weighted by molar-refractivity contribution is 6.04. The number of nitrogens with one attached hydrogen (secondary N) is 4. The van der Waals surface area contributed by atoms with E-state index in [0.717, 1.165) is 40.6 Å². The van der Waals surface area contributed by atoms with Gasteiger partial charge in [-0.1, -0.05) is 17.3 Å². The second kappa shape index (κ2) is 5.85. The summed E-state index contributed by atoms with van der Waals surface area (Å²) in [5.74, 6) is 1.58. The molecule has 1 aliphatic carbocycles. The van der Waals surface area contributed by atoms with Crippen LogP contribution in [0.3, 0.4) is 0 Å². The van der Waals surface area contributed by atoms with Gasteiger partial charge < -0.3 is 9.84 Å². The number of fused-ring (bicyclic) bond motifs is 1. The van der Waals surface area contributed by atoms with Gasteiger partial charge >= 0.3 is 0 Å². The smallest absolute Gasteiger partial charge is 0.227 e. The molecule has 1 aromatic heterocycles. The van der Waals surface area contributed by atoms with Crippen LogP contribution in [-0.4, -0.2) is 16.9 Å². The first-order valence-electron chi connectivity index (χ1n) is 8.43. The number of nitrogens with zero attached hydrogens (tertiary/aromatic N) is 2. The van der Waals surface area contributed by atoms with Gasteiger partial charge in [0.25, 0.3) is 0 Å². The third-order valence-corrected chi connectivity index (χ3v) is 4.49. The van der Waals surface area contributed by atoms with E-state index in [1.165, 1.54) is 0 Å². The second-order valence-electron chi connectivity index (χ2n) is 6.41. The summed E-state index contributed by atoms with van der Waals surface area (Å²) < 4.78 is 5.58. The predicted molar refractivity (Wildman–Crippen MR) is 96.7 cm³/mol. The highest BCUT2D eigenvalue weighted by Crippen LogP contribution is 2.33. The van der Waals surface area contributed by atoms with E-state index in [1.54, 1.807) is 0 Å². The van der Waals surface area contributed by atoms with Crippen LogP contribution < -0.4 is 21.8 Å². The lowest BCUT2D eigenvalue weighted by Crippen LogP contribution is -2.35. The molecule has 5 rings (SSSR count). The molecular formula is C18H16N6O2. The highest BCUT2D eigenvalue weighted by Gasteiger charge is 2.29. The fraction of sp³-hybridized carbons (Fsp3) is 0.167. The van der Waals surface area contributed by atoms with Crippen molar-refractivity contribution in [3.63, 3.8) is 0 Å². The number of amidine groups is 1. The number of aromatic nitrogens is 1. The number of hydrogen-bond donors (Lipinski definition) is 4. The van der Waals surface area contributed by atoms with E-state index in [9.17, 15) is 4.79 Å². The molecule has 0 radical (unpaired) electrons. The van der Waals surface area contributed by atoms with Gasteiger partial charge in [0, 0.05) is 22.7 Å². The van der Waals surface area contributed by atoms with E-state index in [0.29, 0.717) is 11.6 Å². The summed E-state index contributed by atoms with van der Waals surface area (Å²) in [5.41, 5.74) is 11.6. The van der Waals surface area contributed by atoms with Crippen LogP contribution in [-0.2, 0) is 4.79 Å². The van der Waals surface area contributed by atoms with Crippen molar-refractivity contribution >= 4 is 28.3 Å². The van der Waals surface area contributed by atoms with Gasteiger partial charge in [0.05, 0.1) is 5.39 Å². The van der Waals surface area contributed by atoms with Gasteiger partial charge in [-0.15, -0.1) is 10.6 Å². The van der Waals surface area contributed by atoms with Crippen molar-refractivity contribution in [2.24, 2.45) is 11.0 Å². The standard InChI is InChI=1S/C18H16N6O2/c25-18(10-4-5-10)19-13-3-1-2-11(8-13)16-14-9-12(17-20-23-24-21-17)6-7-15(14)22-26-16/h1-3,6-10,23-24H,4-5H2,(H,19,25)(H,20,21). The van der Waals surface area contributed by atoms with Crippen LogP contribution in [0.15, 0.2) is 52.1 Å². The number of rotatable bonds is 4. The Bertz CT molecular complexity index is 1040. The molecule has 3 aromatic rings. The fourth-order valence-corrected chi connectivity index (χ4v) is 2.96. The number of hydrazone groups is 1. The van der Waals surface area contributed by atoms with Crippen molar-refractivity contribution in [3.05, 3.63) is 48.0 Å². The normalized spacial score (nSPS) is 16.1. The molecule has 0 saturated heterocycles. The van der Waals surface area contributed by atoms with Gasteiger partial charge in [0.2, 0.25) is 5.91 Å². The van der Waals surface area contributed by atoms with Crippen LogP contribution in [0.25, 0.3) is 22.2 Å². The fourth-order valence-electron chi connectivity index (χ4n) is 2.96. The Morgan fingerprint density at radius 1 is 1.15 bits per heavy atom. The first-order chi connectivity index (χ1) is 12.8. The molecule has 1 aliphatic heterocycles. The van der Waals surface area contributed by atoms with Crippen LogP contribution in [0.4, 0.5) is 5.69 Å². The largest absolute Gasteiger partial charge is 0.355 e. The van der Waals surface area contributed by atoms with Crippen molar-refractivity contribution in [2.75, 3.05) is 5.32 Å². The maximum absolute atomic E-state index is 12.0. The summed E-state index contributed by atoms with van der Waals surface area (Å²) in [6.07, 6.45) is 1.95. The minimum absolute atomic E-state index is 0.0807. The molecule has 2 heterocycles. The van der Waals surface area contributed by atoms with E-state index < -0.39 is 0 Å². The minimum atomic E-state index is 0.0807. The Morgan fingerprint density at radius 2 is 2.08 bits per heavy atom. The third-order valence-electron chi connectivity index (χ3n) is 4.49. The van der Waals surface area contributed by atoms with Crippen molar-refractivity contribution < 1.29 is 9.32 Å². The van der Waals surface area contributed by atoms with Crippen LogP contribution in [0.1, 0.15) is 18.4 Å². The van der Waals surface area contributed by atoms with Crippen LogP contribution in [0.2, 0.25) is 0 Å². The molecule has 0 atom stereocenters. The molecule has 1 fully saturated rings. The number of carbonyl (C=O) groups is 1. The maximum atomic E-state index is 12.0. The van der Waals surface area contributed by atoms with Crippen molar-refractivity contribution in [2.45, 2.75) is 12.8 Å². The summed E-state index contributed by atoms with van der Waals surface area (Å²) in [5, 5.41) is 12.1. The lowest BCUT2D eigenvalue weighted by atomic mass is 10.1. The van der Waals surface area contributed by atoms with E-state index in [1.807, 2.05) is 42.5 Å². The molecule has 26 heavy (non-hydrogen) atoms. The summed E-state index contributed by atoms with van der Waals surface area (Å²) in [4.78, 5) is 12.0. The highest BCUT2D eigenvalue weighted by atomic mass is 16.5. The Labute approximate surface area is 148 Å². The molecule has 0 spiro atoms. The molecule has 2 aliphatic rings. The number of hydrazine groups is 2. The molecule has 4 N–H and O–H groups in total. The monoisotopic (exact) mass is 348 g/mol. The zero-order valence-electron chi connectivity index (χ0n) is 13.7. The topological polar surface area (TPSA) is 104 Å². The maximum Gasteiger partial charge on any atom is 0.227 e. The van der Waals surface area contributed by atoms with E-state index in [-0.39, 0.29) is 11.8 Å². The Hall–Kier alpha value is -3.39. The number of hydrogen-bond acceptors (Lipinski definition) is 7. The Balaban J connectivity index is 1.51. The van der Waals surface area contributed by atoms with Crippen molar-refractivity contribution in [3.8, 4) is 11.3 Å². The summed E-state index contributed by atoms with van der Waals surface area (Å²) in [6, 6.07) is 13.4. The number of carbonyl (C=O) groups excluding carboxylic acids is 1. The molecule has 8 nitrogen and oxygen atoms in total. The quantitative estimate of drug-likeness (QED) is 0.576. The van der Waals surface area contributed by atoms with Gasteiger partial charge in [0.15, 0.2) is 11.6 Å². The molecule has 1 amide bonds. The summed E-state index contributed by atoms with van der Waals surface area (Å²) in [7, 11) is 0. The Kier molecular flexibility index (Phi) is 3.36. The zero-order valence-corrected chi connectivity index (χ0v) is 13.7. The number of anilines is 1. The lowest BCUT2D eigenvalue weighted by Gasteiger charge is -2.06. The molecule has 0 unspecified atom stereocenters. The SMILES string of the molecule is O=C(Nc1cccc(-c2onc3ccc(C4=NNNN4)cc23)c1)C1CC1. The average Bonchev–Trinajstić information content (AvgIpc) is 3.21. The zero-order chi connectivity index (χ0) is 17.5. The van der Waals surface area contributed by atoms with E-state index >= 15 is 0 Å². The lowest BCUT2D eigenvalue weighted by molar-refractivity contribution is -0.117. The minimum Gasteiger partial charge on any atom is -0.355 e. The molecule has 8 heteroatoms. The number of benzene rings is 2. The van der Waals surface area contributed by atoms with Gasteiger partial charge in [-0.25, -0.2) is 5.53 Å². The van der Waals surface area contributed by atoms with Gasteiger partial charge in [-0.05, 0) is 43.2 Å². The van der Waals surface area contributed by atoms with Crippen LogP contribution in [0, 0.1) is 5.92 Å². The van der Waals surface area contributed by atoms with Crippen LogP contribution >= 0.6 is 0 Å². The Morgan fingerprint density at radius 3 is 2.88 bits per heavy atom. The predicted octanol–water partition coefficient (Wildman–Crippen LogP) is 2.12. The first kappa shape index (κ1) is 14.9. The summed E-state index contributed by atoms with van der Waals surface area (Å²) in [6.45, 7) is 0. The second-order valence-corrected chi connectivity index (χ2v) is 6.41. The molecule has 1 saturated carbocycles. The first-order valence-corrected chi connectivity index (χ1v) is 8.43. The van der Waals surface area contributed by atoms with E-state index in [2.05, 4.69) is 32.1 Å². The third kappa shape index (κ3) is 2.66. The molecular weight excluding hydrogens is 332 g/mol. The molecule has 2 aromatic carbocycles. The summed E-state index contributed by atoms with van der Waals surface area (Å²) >= 11 is 0.